The van der Waals surface area contributed by atoms with Crippen LogP contribution in [0.25, 0.3) is 0 Å². The first-order valence-corrected chi connectivity index (χ1v) is 4.78. The molecule has 0 aromatic carbocycles. The minimum absolute atomic E-state index is 0.131. The molecular weight excluding hydrogens is 180 g/mol. The number of rotatable bonds is 6. The van der Waals surface area contributed by atoms with Gasteiger partial charge in [-0.1, -0.05) is 0 Å². The molecule has 4 N–H and O–H groups in total. The molecule has 1 amide bonds. The van der Waals surface area contributed by atoms with Crippen LogP contribution in [-0.2, 0) is 4.79 Å². The number of likely N-dealkylation sites (N-methyl/N-ethyl adjacent to an activating group) is 2. The lowest BCUT2D eigenvalue weighted by Gasteiger charge is -2.28. The predicted octanol–water partition coefficient (Wildman–Crippen LogP) is -0.846. The maximum Gasteiger partial charge on any atom is 0.240 e. The average Bonchev–Trinajstić information content (AvgIpc) is 2.12. The quantitative estimate of drug-likeness (QED) is 0.298. The summed E-state index contributed by atoms with van der Waals surface area (Å²) >= 11 is 0. The van der Waals surface area contributed by atoms with Crippen molar-refractivity contribution in [3.05, 3.63) is 0 Å². The van der Waals surface area contributed by atoms with Crippen molar-refractivity contribution in [3.63, 3.8) is 0 Å². The van der Waals surface area contributed by atoms with Crippen molar-refractivity contribution >= 4 is 5.91 Å². The summed E-state index contributed by atoms with van der Waals surface area (Å²) in [6.07, 6.45) is 0. The average molecular weight is 202 g/mol. The molecule has 0 saturated heterocycles. The Labute approximate surface area is 86.0 Å². The monoisotopic (exact) mass is 202 g/mol. The zero-order valence-corrected chi connectivity index (χ0v) is 9.55. The van der Waals surface area contributed by atoms with Crippen molar-refractivity contribution in [1.29, 1.82) is 0 Å². The third-order valence-electron chi connectivity index (χ3n) is 2.15. The van der Waals surface area contributed by atoms with Gasteiger partial charge in [-0.05, 0) is 27.9 Å². The molecule has 0 aliphatic carbocycles. The van der Waals surface area contributed by atoms with Crippen LogP contribution in [0, 0.1) is 5.41 Å². The normalized spacial score (nSPS) is 11.9. The highest BCUT2D eigenvalue weighted by molar-refractivity contribution is 5.81. The van der Waals surface area contributed by atoms with Gasteiger partial charge in [0.25, 0.3) is 0 Å². The molecule has 84 valence electrons. The van der Waals surface area contributed by atoms with E-state index in [4.69, 9.17) is 5.84 Å². The zero-order chi connectivity index (χ0) is 11.2. The number of nitrogens with two attached hydrogens (primary N) is 1. The van der Waals surface area contributed by atoms with Crippen LogP contribution in [0.4, 0.5) is 0 Å². The first-order valence-electron chi connectivity index (χ1n) is 4.78. The van der Waals surface area contributed by atoms with Crippen molar-refractivity contribution in [1.82, 2.24) is 15.6 Å². The first kappa shape index (κ1) is 13.4. The van der Waals surface area contributed by atoms with E-state index >= 15 is 0 Å². The maximum atomic E-state index is 11.4. The maximum absolute atomic E-state index is 11.4. The lowest BCUT2D eigenvalue weighted by atomic mass is 9.92. The lowest BCUT2D eigenvalue weighted by Crippen LogP contribution is -2.47. The summed E-state index contributed by atoms with van der Waals surface area (Å²) in [5.41, 5.74) is 1.74. The van der Waals surface area contributed by atoms with Crippen LogP contribution >= 0.6 is 0 Å². The molecule has 0 heterocycles. The number of nitrogens with zero attached hydrogens (tertiary/aromatic N) is 1. The molecule has 0 aromatic heterocycles. The summed E-state index contributed by atoms with van der Waals surface area (Å²) in [6.45, 7) is 6.28. The van der Waals surface area contributed by atoms with E-state index in [1.165, 1.54) is 0 Å². The molecule has 0 bridgehead atoms. The Balaban J connectivity index is 4.01. The highest BCUT2D eigenvalue weighted by Gasteiger charge is 2.28. The van der Waals surface area contributed by atoms with Crippen LogP contribution < -0.4 is 16.6 Å². The van der Waals surface area contributed by atoms with Crippen LogP contribution in [0.3, 0.4) is 0 Å². The zero-order valence-electron chi connectivity index (χ0n) is 9.55. The predicted molar refractivity (Wildman–Crippen MR) is 57.5 cm³/mol. The van der Waals surface area contributed by atoms with Crippen molar-refractivity contribution in [2.75, 3.05) is 33.7 Å². The number of amides is 1. The van der Waals surface area contributed by atoms with Crippen LogP contribution in [-0.4, -0.2) is 44.5 Å². The van der Waals surface area contributed by atoms with E-state index in [-0.39, 0.29) is 5.91 Å². The minimum Gasteiger partial charge on any atom is -0.318 e. The molecule has 0 fully saturated rings. The largest absolute Gasteiger partial charge is 0.318 e. The summed E-state index contributed by atoms with van der Waals surface area (Å²) in [7, 11) is 3.90. The van der Waals surface area contributed by atoms with E-state index in [1.807, 2.05) is 27.9 Å². The third kappa shape index (κ3) is 4.55. The molecule has 0 aliphatic heterocycles. The van der Waals surface area contributed by atoms with Crippen molar-refractivity contribution in [2.24, 2.45) is 11.3 Å². The lowest BCUT2D eigenvalue weighted by molar-refractivity contribution is -0.130. The molecule has 5 nitrogen and oxygen atoms in total. The Morgan fingerprint density at radius 3 is 2.50 bits per heavy atom. The van der Waals surface area contributed by atoms with Gasteiger partial charge in [0, 0.05) is 19.6 Å². The van der Waals surface area contributed by atoms with E-state index in [0.717, 1.165) is 13.1 Å². The van der Waals surface area contributed by atoms with Gasteiger partial charge in [-0.2, -0.15) is 0 Å². The molecule has 0 saturated carbocycles. The second kappa shape index (κ2) is 5.95. The second-order valence-corrected chi connectivity index (χ2v) is 4.20. The Hall–Kier alpha value is -0.650. The van der Waals surface area contributed by atoms with Crippen molar-refractivity contribution in [3.8, 4) is 0 Å². The molecule has 0 aliphatic rings. The molecule has 0 atom stereocenters. The first-order chi connectivity index (χ1) is 6.44. The summed E-state index contributed by atoms with van der Waals surface area (Å²) in [5.74, 6) is 4.97. The summed E-state index contributed by atoms with van der Waals surface area (Å²) in [5, 5.41) is 3.06. The number of hydrogen-bond donors (Lipinski definition) is 3. The summed E-state index contributed by atoms with van der Waals surface area (Å²) in [4.78, 5) is 13.5. The van der Waals surface area contributed by atoms with Crippen molar-refractivity contribution in [2.45, 2.75) is 13.8 Å². The molecule has 14 heavy (non-hydrogen) atoms. The highest BCUT2D eigenvalue weighted by atomic mass is 16.2. The van der Waals surface area contributed by atoms with Gasteiger partial charge >= 0.3 is 0 Å². The fourth-order valence-electron chi connectivity index (χ4n) is 1.32. The number of hydrazine groups is 1. The Morgan fingerprint density at radius 1 is 1.50 bits per heavy atom. The van der Waals surface area contributed by atoms with Gasteiger partial charge in [0.05, 0.1) is 5.41 Å². The van der Waals surface area contributed by atoms with Gasteiger partial charge in [-0.3, -0.25) is 10.2 Å². The van der Waals surface area contributed by atoms with Crippen LogP contribution in [0.2, 0.25) is 0 Å². The molecule has 0 unspecified atom stereocenters. The molecule has 0 spiro atoms. The van der Waals surface area contributed by atoms with Gasteiger partial charge in [0.2, 0.25) is 5.91 Å². The van der Waals surface area contributed by atoms with Gasteiger partial charge in [-0.15, -0.1) is 0 Å². The van der Waals surface area contributed by atoms with Gasteiger partial charge in [-0.25, -0.2) is 5.84 Å². The number of nitrogens with one attached hydrogen (secondary N) is 2. The highest BCUT2D eigenvalue weighted by Crippen LogP contribution is 2.15. The van der Waals surface area contributed by atoms with E-state index in [0.29, 0.717) is 6.54 Å². The Morgan fingerprint density at radius 2 is 2.07 bits per heavy atom. The number of carbonyl (C=O) groups excluding carboxylic acids is 1. The second-order valence-electron chi connectivity index (χ2n) is 4.20. The van der Waals surface area contributed by atoms with Crippen LogP contribution in [0.5, 0.6) is 0 Å². The summed E-state index contributed by atoms with van der Waals surface area (Å²) in [6, 6.07) is 0. The standard InChI is InChI=1S/C9H22N4O/c1-9(2,8(14)12-10)7-13(4)6-5-11-3/h11H,5-7,10H2,1-4H3,(H,12,14). The van der Waals surface area contributed by atoms with E-state index in [1.54, 1.807) is 0 Å². The van der Waals surface area contributed by atoms with E-state index in [2.05, 4.69) is 15.6 Å². The minimum atomic E-state index is -0.447. The van der Waals surface area contributed by atoms with Gasteiger partial charge in [0.1, 0.15) is 0 Å². The molecule has 0 aromatic rings. The third-order valence-corrected chi connectivity index (χ3v) is 2.15. The fourth-order valence-corrected chi connectivity index (χ4v) is 1.32. The topological polar surface area (TPSA) is 70.4 Å². The molecule has 5 heteroatoms. The molecule has 0 rings (SSSR count). The van der Waals surface area contributed by atoms with E-state index in [9.17, 15) is 4.79 Å². The summed E-state index contributed by atoms with van der Waals surface area (Å²) < 4.78 is 0. The Bertz CT molecular complexity index is 182. The smallest absolute Gasteiger partial charge is 0.240 e. The SMILES string of the molecule is CNCCN(C)CC(C)(C)C(=O)NN. The number of hydrogen-bond acceptors (Lipinski definition) is 4. The van der Waals surface area contributed by atoms with E-state index < -0.39 is 5.41 Å². The van der Waals surface area contributed by atoms with Crippen LogP contribution in [0.1, 0.15) is 13.8 Å². The van der Waals surface area contributed by atoms with Gasteiger partial charge < -0.3 is 10.2 Å². The van der Waals surface area contributed by atoms with Gasteiger partial charge in [0.15, 0.2) is 0 Å². The molecular formula is C9H22N4O. The van der Waals surface area contributed by atoms with Crippen LogP contribution in [0.15, 0.2) is 0 Å². The van der Waals surface area contributed by atoms with Crippen molar-refractivity contribution < 1.29 is 4.79 Å². The fraction of sp³-hybridized carbons (Fsp3) is 0.889. The molecule has 0 radical (unpaired) electrons. The Kier molecular flexibility index (Phi) is 5.68. The number of carbonyl (C=O) groups is 1.